The molecule has 1 heterocycles. The molecule has 0 aliphatic heterocycles. The molecule has 0 fully saturated rings. The number of rotatable bonds is 4. The minimum Gasteiger partial charge on any atom is -0.352 e. The number of nitrogens with zero attached hydrogens (tertiary/aromatic N) is 2. The van der Waals surface area contributed by atoms with E-state index in [4.69, 9.17) is 11.6 Å². The molecule has 0 saturated heterocycles. The Hall–Kier alpha value is -1.03. The number of hydrogen-bond acceptors (Lipinski definition) is 2. The molecule has 17 heavy (non-hydrogen) atoms. The molecule has 96 valence electrons. The van der Waals surface area contributed by atoms with Gasteiger partial charge in [0, 0.05) is 6.04 Å². The molecule has 1 aromatic rings. The van der Waals surface area contributed by atoms with Crippen LogP contribution in [-0.4, -0.2) is 21.7 Å². The Morgan fingerprint density at radius 2 is 2.06 bits per heavy atom. The van der Waals surface area contributed by atoms with Crippen LogP contribution in [0, 0.1) is 13.8 Å². The van der Waals surface area contributed by atoms with Gasteiger partial charge in [0.1, 0.15) is 6.04 Å². The quantitative estimate of drug-likeness (QED) is 0.901. The number of carbonyl (C=O) groups excluding carboxylic acids is 1. The van der Waals surface area contributed by atoms with E-state index >= 15 is 0 Å². The fraction of sp³-hybridized carbons (Fsp3) is 0.667. The Balaban J connectivity index is 2.85. The number of nitrogens with one attached hydrogen (secondary N) is 1. The zero-order chi connectivity index (χ0) is 13.2. The van der Waals surface area contributed by atoms with Crippen molar-refractivity contribution in [3.63, 3.8) is 0 Å². The molecule has 0 radical (unpaired) electrons. The van der Waals surface area contributed by atoms with Crippen LogP contribution < -0.4 is 5.32 Å². The van der Waals surface area contributed by atoms with Crippen molar-refractivity contribution in [1.29, 1.82) is 0 Å². The molecule has 1 aromatic heterocycles. The molecule has 5 heteroatoms. The van der Waals surface area contributed by atoms with E-state index in [0.717, 1.165) is 17.8 Å². The number of hydrogen-bond donors (Lipinski definition) is 1. The van der Waals surface area contributed by atoms with Gasteiger partial charge in [0.05, 0.1) is 16.4 Å². The van der Waals surface area contributed by atoms with Crippen molar-refractivity contribution in [2.24, 2.45) is 0 Å². The first kappa shape index (κ1) is 14.0. The summed E-state index contributed by atoms with van der Waals surface area (Å²) in [7, 11) is 0. The largest absolute Gasteiger partial charge is 0.352 e. The first-order valence-corrected chi connectivity index (χ1v) is 6.27. The molecule has 0 spiro atoms. The van der Waals surface area contributed by atoms with Crippen molar-refractivity contribution in [3.8, 4) is 0 Å². The molecule has 0 aliphatic rings. The van der Waals surface area contributed by atoms with E-state index in [1.165, 1.54) is 0 Å². The zero-order valence-corrected chi connectivity index (χ0v) is 11.8. The van der Waals surface area contributed by atoms with Crippen LogP contribution in [0.4, 0.5) is 0 Å². The topological polar surface area (TPSA) is 46.9 Å². The third-order valence-electron chi connectivity index (χ3n) is 2.98. The van der Waals surface area contributed by atoms with Crippen molar-refractivity contribution in [1.82, 2.24) is 15.1 Å². The van der Waals surface area contributed by atoms with Crippen molar-refractivity contribution in [3.05, 3.63) is 16.4 Å². The van der Waals surface area contributed by atoms with Crippen LogP contribution in [0.5, 0.6) is 0 Å². The average molecular weight is 258 g/mol. The number of aromatic nitrogens is 2. The van der Waals surface area contributed by atoms with Gasteiger partial charge < -0.3 is 5.32 Å². The maximum Gasteiger partial charge on any atom is 0.244 e. The summed E-state index contributed by atoms with van der Waals surface area (Å²) in [6.45, 7) is 9.56. The first-order valence-electron chi connectivity index (χ1n) is 5.90. The van der Waals surface area contributed by atoms with Gasteiger partial charge in [-0.05, 0) is 34.1 Å². The first-order chi connectivity index (χ1) is 7.88. The van der Waals surface area contributed by atoms with Crippen LogP contribution in [0.25, 0.3) is 0 Å². The summed E-state index contributed by atoms with van der Waals surface area (Å²) >= 11 is 6.07. The van der Waals surface area contributed by atoms with Crippen molar-refractivity contribution in [2.75, 3.05) is 0 Å². The van der Waals surface area contributed by atoms with E-state index in [1.807, 2.05) is 34.6 Å². The van der Waals surface area contributed by atoms with Crippen LogP contribution in [0.3, 0.4) is 0 Å². The van der Waals surface area contributed by atoms with Gasteiger partial charge in [-0.3, -0.25) is 9.48 Å². The van der Waals surface area contributed by atoms with Gasteiger partial charge in [-0.1, -0.05) is 18.5 Å². The summed E-state index contributed by atoms with van der Waals surface area (Å²) in [5, 5.41) is 7.86. The third-order valence-corrected chi connectivity index (χ3v) is 3.53. The highest BCUT2D eigenvalue weighted by molar-refractivity contribution is 6.31. The molecule has 0 aromatic carbocycles. The molecule has 0 aliphatic carbocycles. The van der Waals surface area contributed by atoms with Gasteiger partial charge in [0.25, 0.3) is 0 Å². The average Bonchev–Trinajstić information content (AvgIpc) is 2.55. The SMILES string of the molecule is CCC(C)NC(=O)C(C)n1nc(C)c(Cl)c1C. The summed E-state index contributed by atoms with van der Waals surface area (Å²) in [6.07, 6.45) is 0.913. The lowest BCUT2D eigenvalue weighted by atomic mass is 10.2. The Labute approximate surface area is 107 Å². The highest BCUT2D eigenvalue weighted by Crippen LogP contribution is 2.22. The van der Waals surface area contributed by atoms with E-state index in [0.29, 0.717) is 5.02 Å². The van der Waals surface area contributed by atoms with Gasteiger partial charge >= 0.3 is 0 Å². The highest BCUT2D eigenvalue weighted by atomic mass is 35.5. The molecule has 4 nitrogen and oxygen atoms in total. The summed E-state index contributed by atoms with van der Waals surface area (Å²) in [5.74, 6) is -0.0263. The summed E-state index contributed by atoms with van der Waals surface area (Å²) in [4.78, 5) is 12.0. The second-order valence-corrected chi connectivity index (χ2v) is 4.80. The second-order valence-electron chi connectivity index (χ2n) is 4.42. The molecule has 2 unspecified atom stereocenters. The van der Waals surface area contributed by atoms with Gasteiger partial charge in [-0.25, -0.2) is 0 Å². The Kier molecular flexibility index (Phi) is 4.57. The van der Waals surface area contributed by atoms with Crippen LogP contribution in [-0.2, 0) is 4.79 Å². The van der Waals surface area contributed by atoms with Crippen molar-refractivity contribution in [2.45, 2.75) is 53.1 Å². The number of halogens is 1. The van der Waals surface area contributed by atoms with Crippen molar-refractivity contribution < 1.29 is 4.79 Å². The van der Waals surface area contributed by atoms with E-state index < -0.39 is 0 Å². The van der Waals surface area contributed by atoms with Gasteiger partial charge in [-0.2, -0.15) is 5.10 Å². The maximum atomic E-state index is 12.0. The van der Waals surface area contributed by atoms with E-state index in [2.05, 4.69) is 10.4 Å². The van der Waals surface area contributed by atoms with E-state index in [1.54, 1.807) is 4.68 Å². The molecule has 0 saturated carbocycles. The predicted molar refractivity (Wildman–Crippen MR) is 69.3 cm³/mol. The maximum absolute atomic E-state index is 12.0. The molecule has 1 rings (SSSR count). The zero-order valence-electron chi connectivity index (χ0n) is 11.0. The van der Waals surface area contributed by atoms with Crippen LogP contribution in [0.1, 0.15) is 44.6 Å². The number of carbonyl (C=O) groups is 1. The predicted octanol–water partition coefficient (Wildman–Crippen LogP) is 2.63. The molecule has 1 N–H and O–H groups in total. The van der Waals surface area contributed by atoms with Gasteiger partial charge in [0.2, 0.25) is 5.91 Å². The molecular formula is C12H20ClN3O. The van der Waals surface area contributed by atoms with Gasteiger partial charge in [-0.15, -0.1) is 0 Å². The van der Waals surface area contributed by atoms with E-state index in [9.17, 15) is 4.79 Å². The highest BCUT2D eigenvalue weighted by Gasteiger charge is 2.21. The monoisotopic (exact) mass is 257 g/mol. The fourth-order valence-electron chi connectivity index (χ4n) is 1.60. The summed E-state index contributed by atoms with van der Waals surface area (Å²) in [6, 6.07) is -0.160. The van der Waals surface area contributed by atoms with Crippen LogP contribution in [0.2, 0.25) is 5.02 Å². The van der Waals surface area contributed by atoms with Crippen LogP contribution >= 0.6 is 11.6 Å². The molecule has 0 bridgehead atoms. The van der Waals surface area contributed by atoms with Crippen molar-refractivity contribution >= 4 is 17.5 Å². The summed E-state index contributed by atoms with van der Waals surface area (Å²) in [5.41, 5.74) is 1.59. The van der Waals surface area contributed by atoms with Gasteiger partial charge in [0.15, 0.2) is 0 Å². The third kappa shape index (κ3) is 3.00. The second kappa shape index (κ2) is 5.54. The number of aryl methyl sites for hydroxylation is 1. The lowest BCUT2D eigenvalue weighted by Gasteiger charge is -2.17. The van der Waals surface area contributed by atoms with Crippen LogP contribution in [0.15, 0.2) is 0 Å². The van der Waals surface area contributed by atoms with E-state index in [-0.39, 0.29) is 18.0 Å². The Bertz CT molecular complexity index is 414. The smallest absolute Gasteiger partial charge is 0.244 e. The minimum absolute atomic E-state index is 0.0263. The lowest BCUT2D eigenvalue weighted by molar-refractivity contribution is -0.124. The molecular weight excluding hydrogens is 238 g/mol. The molecule has 1 amide bonds. The standard InChI is InChI=1S/C12H20ClN3O/c1-6-7(2)14-12(17)10(5)16-9(4)11(13)8(3)15-16/h7,10H,6H2,1-5H3,(H,14,17). The normalized spacial score (nSPS) is 14.5. The fourth-order valence-corrected chi connectivity index (χ4v) is 1.72. The molecule has 2 atom stereocenters. The summed E-state index contributed by atoms with van der Waals surface area (Å²) < 4.78 is 1.68. The number of amides is 1. The lowest BCUT2D eigenvalue weighted by Crippen LogP contribution is -2.37. The Morgan fingerprint density at radius 1 is 1.47 bits per heavy atom. The Morgan fingerprint density at radius 3 is 2.47 bits per heavy atom. The minimum atomic E-state index is -0.338.